The molecule has 0 bridgehead atoms. The van der Waals surface area contributed by atoms with Gasteiger partial charge in [-0.2, -0.15) is 0 Å². The maximum Gasteiger partial charge on any atom is 0.107 e. The average Bonchev–Trinajstić information content (AvgIpc) is 2.99. The molecule has 0 spiro atoms. The Balaban J connectivity index is 1.52. The minimum Gasteiger partial charge on any atom is -0.328 e. The number of halogens is 2. The fourth-order valence-corrected chi connectivity index (χ4v) is 5.06. The van der Waals surface area contributed by atoms with Crippen LogP contribution in [0.25, 0.3) is 0 Å². The molecule has 1 unspecified atom stereocenters. The molecule has 3 rings (SSSR count). The van der Waals surface area contributed by atoms with Gasteiger partial charge < -0.3 is 5.73 Å². The topological polar surface area (TPSA) is 32.5 Å². The van der Waals surface area contributed by atoms with E-state index < -0.39 is 0 Å². The highest BCUT2D eigenvalue weighted by Gasteiger charge is 2.29. The van der Waals surface area contributed by atoms with Gasteiger partial charge in [0.2, 0.25) is 0 Å². The molecule has 1 atom stereocenters. The molecule has 112 valence electrons. The van der Waals surface area contributed by atoms with Gasteiger partial charge in [-0.3, -0.25) is 9.80 Å². The van der Waals surface area contributed by atoms with Gasteiger partial charge in [0.15, 0.2) is 0 Å². The summed E-state index contributed by atoms with van der Waals surface area (Å²) in [6, 6.07) is 3.30. The number of nitrogens with zero attached hydrogens (tertiary/aromatic N) is 2. The van der Waals surface area contributed by atoms with E-state index in [4.69, 9.17) is 17.3 Å². The molecule has 1 aromatic heterocycles. The minimum atomic E-state index is 0.425. The Labute approximate surface area is 138 Å². The molecule has 2 aliphatic heterocycles. The maximum atomic E-state index is 6.11. The summed E-state index contributed by atoms with van der Waals surface area (Å²) in [5, 5.41) is 0. The molecule has 0 aromatic carbocycles. The van der Waals surface area contributed by atoms with E-state index in [1.54, 1.807) is 11.3 Å². The molecule has 1 aromatic rings. The van der Waals surface area contributed by atoms with Crippen LogP contribution >= 0.6 is 38.9 Å². The third-order valence-corrected chi connectivity index (χ3v) is 6.87. The molecular formula is C14H21BrClN3S. The van der Waals surface area contributed by atoms with Crippen molar-refractivity contribution in [3.05, 3.63) is 19.8 Å². The third-order valence-electron chi connectivity index (χ3n) is 4.41. The van der Waals surface area contributed by atoms with Crippen LogP contribution in [0.3, 0.4) is 0 Å². The lowest BCUT2D eigenvalue weighted by Gasteiger charge is -2.34. The molecular weight excluding hydrogens is 358 g/mol. The van der Waals surface area contributed by atoms with Crippen LogP contribution in [-0.4, -0.2) is 48.1 Å². The zero-order valence-corrected chi connectivity index (χ0v) is 14.7. The van der Waals surface area contributed by atoms with Crippen molar-refractivity contribution in [2.45, 2.75) is 37.9 Å². The number of piperidine rings is 1. The van der Waals surface area contributed by atoms with Crippen LogP contribution in [0.4, 0.5) is 0 Å². The third kappa shape index (κ3) is 3.57. The van der Waals surface area contributed by atoms with Crippen molar-refractivity contribution in [2.75, 3.05) is 26.2 Å². The smallest absolute Gasteiger partial charge is 0.107 e. The second-order valence-electron chi connectivity index (χ2n) is 5.89. The highest BCUT2D eigenvalue weighted by molar-refractivity contribution is 9.10. The average molecular weight is 379 g/mol. The summed E-state index contributed by atoms with van der Waals surface area (Å²) < 4.78 is 1.89. The minimum absolute atomic E-state index is 0.425. The summed E-state index contributed by atoms with van der Waals surface area (Å²) in [7, 11) is 0. The summed E-state index contributed by atoms with van der Waals surface area (Å²) in [5.74, 6) is 0. The van der Waals surface area contributed by atoms with Gasteiger partial charge in [0, 0.05) is 41.1 Å². The lowest BCUT2D eigenvalue weighted by Crippen LogP contribution is -2.45. The van der Waals surface area contributed by atoms with E-state index in [1.807, 2.05) is 0 Å². The molecule has 2 fully saturated rings. The first-order valence-electron chi connectivity index (χ1n) is 7.27. The zero-order chi connectivity index (χ0) is 14.1. The first kappa shape index (κ1) is 15.3. The Kier molecular flexibility index (Phi) is 5.06. The normalized spacial score (nSPS) is 26.4. The van der Waals surface area contributed by atoms with Crippen LogP contribution in [0, 0.1) is 0 Å². The number of rotatable bonds is 3. The molecule has 0 radical (unpaired) electrons. The van der Waals surface area contributed by atoms with Gasteiger partial charge >= 0.3 is 0 Å². The van der Waals surface area contributed by atoms with Crippen molar-refractivity contribution in [3.63, 3.8) is 0 Å². The van der Waals surface area contributed by atoms with Crippen LogP contribution in [0.15, 0.2) is 10.5 Å². The largest absolute Gasteiger partial charge is 0.328 e. The van der Waals surface area contributed by atoms with Crippen LogP contribution in [0.1, 0.15) is 24.1 Å². The van der Waals surface area contributed by atoms with Gasteiger partial charge in [0.1, 0.15) is 4.34 Å². The lowest BCUT2D eigenvalue weighted by molar-refractivity contribution is 0.152. The van der Waals surface area contributed by atoms with E-state index in [2.05, 4.69) is 31.8 Å². The Morgan fingerprint density at radius 3 is 2.70 bits per heavy atom. The van der Waals surface area contributed by atoms with Crippen molar-refractivity contribution in [1.29, 1.82) is 0 Å². The van der Waals surface area contributed by atoms with E-state index in [0.717, 1.165) is 34.2 Å². The summed E-state index contributed by atoms with van der Waals surface area (Å²) >= 11 is 11.3. The van der Waals surface area contributed by atoms with Crippen molar-refractivity contribution in [3.8, 4) is 0 Å². The predicted octanol–water partition coefficient (Wildman–Crippen LogP) is 3.16. The van der Waals surface area contributed by atoms with E-state index in [1.165, 1.54) is 37.5 Å². The quantitative estimate of drug-likeness (QED) is 0.877. The van der Waals surface area contributed by atoms with Gasteiger partial charge in [-0.05, 0) is 54.3 Å². The maximum absolute atomic E-state index is 6.11. The highest BCUT2D eigenvalue weighted by Crippen LogP contribution is 2.33. The monoisotopic (exact) mass is 377 g/mol. The number of nitrogens with two attached hydrogens (primary N) is 1. The molecule has 3 heterocycles. The van der Waals surface area contributed by atoms with Gasteiger partial charge in [-0.1, -0.05) is 11.6 Å². The summed E-state index contributed by atoms with van der Waals surface area (Å²) in [4.78, 5) is 6.54. The second-order valence-corrected chi connectivity index (χ2v) is 8.48. The Morgan fingerprint density at radius 1 is 1.30 bits per heavy atom. The molecule has 20 heavy (non-hydrogen) atoms. The second kappa shape index (κ2) is 6.63. The van der Waals surface area contributed by atoms with E-state index >= 15 is 0 Å². The number of hydrogen-bond acceptors (Lipinski definition) is 4. The highest BCUT2D eigenvalue weighted by atomic mass is 79.9. The van der Waals surface area contributed by atoms with Crippen LogP contribution in [0.2, 0.25) is 4.34 Å². The number of likely N-dealkylation sites (tertiary alicyclic amines) is 2. The van der Waals surface area contributed by atoms with Crippen molar-refractivity contribution < 1.29 is 0 Å². The predicted molar refractivity (Wildman–Crippen MR) is 89.5 cm³/mol. The molecule has 0 saturated carbocycles. The molecule has 3 nitrogen and oxygen atoms in total. The fraction of sp³-hybridized carbons (Fsp3) is 0.714. The van der Waals surface area contributed by atoms with E-state index in [-0.39, 0.29) is 0 Å². The summed E-state index contributed by atoms with van der Waals surface area (Å²) in [6.45, 7) is 5.76. The Morgan fingerprint density at radius 2 is 2.05 bits per heavy atom. The molecule has 2 saturated heterocycles. The van der Waals surface area contributed by atoms with Crippen molar-refractivity contribution in [2.24, 2.45) is 5.73 Å². The SMILES string of the molecule is NC1CCN(C2CCN(Cc3cc(Br)c(Cl)s3)C2)CC1. The molecule has 0 amide bonds. The van der Waals surface area contributed by atoms with Gasteiger partial charge in [-0.15, -0.1) is 11.3 Å². The van der Waals surface area contributed by atoms with Gasteiger partial charge in [0.05, 0.1) is 0 Å². The Bertz CT molecular complexity index is 440. The van der Waals surface area contributed by atoms with Crippen molar-refractivity contribution in [1.82, 2.24) is 9.80 Å². The molecule has 0 aliphatic carbocycles. The number of hydrogen-bond donors (Lipinski definition) is 1. The summed E-state index contributed by atoms with van der Waals surface area (Å²) in [5.41, 5.74) is 5.99. The van der Waals surface area contributed by atoms with Crippen molar-refractivity contribution >= 4 is 38.9 Å². The van der Waals surface area contributed by atoms with Crippen LogP contribution < -0.4 is 5.73 Å². The first-order valence-corrected chi connectivity index (χ1v) is 9.26. The summed E-state index contributed by atoms with van der Waals surface area (Å²) in [6.07, 6.45) is 3.60. The molecule has 2 N–H and O–H groups in total. The van der Waals surface area contributed by atoms with E-state index in [0.29, 0.717) is 6.04 Å². The van der Waals surface area contributed by atoms with Crippen LogP contribution in [-0.2, 0) is 6.54 Å². The first-order chi connectivity index (χ1) is 9.61. The Hall–Kier alpha value is 0.350. The fourth-order valence-electron chi connectivity index (χ4n) is 3.23. The standard InChI is InChI=1S/C14H21BrClN3S/c15-13-7-12(20-14(13)16)9-18-4-3-11(8-18)19-5-1-10(17)2-6-19/h7,10-11H,1-6,8-9,17H2. The zero-order valence-electron chi connectivity index (χ0n) is 11.5. The molecule has 6 heteroatoms. The van der Waals surface area contributed by atoms with E-state index in [9.17, 15) is 0 Å². The van der Waals surface area contributed by atoms with Crippen LogP contribution in [0.5, 0.6) is 0 Å². The van der Waals surface area contributed by atoms with Gasteiger partial charge in [0.25, 0.3) is 0 Å². The molecule has 2 aliphatic rings. The lowest BCUT2D eigenvalue weighted by atomic mass is 10.0. The number of thiophene rings is 1. The van der Waals surface area contributed by atoms with Gasteiger partial charge in [-0.25, -0.2) is 0 Å².